The summed E-state index contributed by atoms with van der Waals surface area (Å²) >= 11 is 0. The highest BCUT2D eigenvalue weighted by Gasteiger charge is 2.64. The highest BCUT2D eigenvalue weighted by atomic mass is 16.6. The molecule has 0 spiro atoms. The number of nitrogens with zero attached hydrogens (tertiary/aromatic N) is 2. The van der Waals surface area contributed by atoms with E-state index in [1.807, 2.05) is 4.90 Å². The Bertz CT molecular complexity index is 1400. The summed E-state index contributed by atoms with van der Waals surface area (Å²) in [5.41, 5.74) is -2.12. The van der Waals surface area contributed by atoms with Crippen LogP contribution in [0.4, 0.5) is 4.79 Å². The minimum absolute atomic E-state index is 0.000352. The molecule has 0 aromatic rings. The summed E-state index contributed by atoms with van der Waals surface area (Å²) in [5.74, 6) is -3.10. The summed E-state index contributed by atoms with van der Waals surface area (Å²) in [6.45, 7) is 11.5. The number of carbonyl (C=O) groups excluding carboxylic acids is 5. The zero-order valence-electron chi connectivity index (χ0n) is 26.5. The van der Waals surface area contributed by atoms with E-state index in [9.17, 15) is 29.1 Å². The van der Waals surface area contributed by atoms with Gasteiger partial charge in [0.05, 0.1) is 17.6 Å². The van der Waals surface area contributed by atoms with Gasteiger partial charge in [0.15, 0.2) is 5.76 Å². The van der Waals surface area contributed by atoms with Crippen LogP contribution >= 0.6 is 0 Å². The van der Waals surface area contributed by atoms with E-state index in [1.165, 1.54) is 14.0 Å². The molecule has 240 valence electrons. The number of Topliss-reactive ketones (excluding diaryl/α,β-unsaturated/α-hetero) is 2. The molecule has 1 amide bonds. The number of methoxy groups -OCH3 is 1. The van der Waals surface area contributed by atoms with Crippen LogP contribution in [0.3, 0.4) is 0 Å². The number of hydrogen-bond acceptors (Lipinski definition) is 11. The average Bonchev–Trinajstić information content (AvgIpc) is 3.22. The normalized spacial score (nSPS) is 33.2. The van der Waals surface area contributed by atoms with Crippen molar-refractivity contribution in [3.8, 4) is 0 Å². The molecule has 2 saturated heterocycles. The average molecular weight is 615 g/mol. The lowest BCUT2D eigenvalue weighted by Crippen LogP contribution is -2.57. The zero-order valence-corrected chi connectivity index (χ0v) is 26.5. The Labute approximate surface area is 257 Å². The Hall–Kier alpha value is -3.67. The first-order chi connectivity index (χ1) is 20.5. The van der Waals surface area contributed by atoms with E-state index < -0.39 is 64.1 Å². The van der Waals surface area contributed by atoms with Crippen LogP contribution in [-0.2, 0) is 38.1 Å². The maximum atomic E-state index is 14.1. The highest BCUT2D eigenvalue weighted by molar-refractivity contribution is 6.14. The van der Waals surface area contributed by atoms with Crippen molar-refractivity contribution in [2.45, 2.75) is 78.6 Å². The number of cyclic esters (lactones) is 1. The van der Waals surface area contributed by atoms with Crippen LogP contribution < -0.4 is 0 Å². The van der Waals surface area contributed by atoms with Gasteiger partial charge in [0.25, 0.3) is 0 Å². The molecule has 5 rings (SSSR count). The van der Waals surface area contributed by atoms with Gasteiger partial charge in [-0.15, -0.1) is 0 Å². The monoisotopic (exact) mass is 614 g/mol. The van der Waals surface area contributed by atoms with E-state index in [-0.39, 0.29) is 42.0 Å². The lowest BCUT2D eigenvalue weighted by molar-refractivity contribution is -0.160. The number of amides is 1. The van der Waals surface area contributed by atoms with Crippen molar-refractivity contribution >= 4 is 29.6 Å². The molecule has 0 radical (unpaired) electrons. The first kappa shape index (κ1) is 31.7. The molecular weight excluding hydrogens is 572 g/mol. The van der Waals surface area contributed by atoms with Crippen molar-refractivity contribution in [3.63, 3.8) is 0 Å². The maximum absolute atomic E-state index is 14.1. The molecule has 2 heterocycles. The Morgan fingerprint density at radius 1 is 1.11 bits per heavy atom. The second-order valence-electron chi connectivity index (χ2n) is 13.7. The van der Waals surface area contributed by atoms with Crippen molar-refractivity contribution in [2.75, 3.05) is 39.9 Å². The molecule has 12 nitrogen and oxygen atoms in total. The summed E-state index contributed by atoms with van der Waals surface area (Å²) in [7, 11) is 1.45. The number of piperazine rings is 1. The molecule has 12 heteroatoms. The Kier molecular flexibility index (Phi) is 7.97. The van der Waals surface area contributed by atoms with E-state index in [0.717, 1.165) is 0 Å². The van der Waals surface area contributed by atoms with Gasteiger partial charge in [-0.3, -0.25) is 14.4 Å². The number of hydrogen-bond donors (Lipinski definition) is 1. The van der Waals surface area contributed by atoms with Gasteiger partial charge in [0, 0.05) is 81.7 Å². The van der Waals surface area contributed by atoms with Gasteiger partial charge >= 0.3 is 18.0 Å². The van der Waals surface area contributed by atoms with E-state index in [1.54, 1.807) is 45.7 Å². The zero-order chi connectivity index (χ0) is 32.4. The number of aliphatic hydroxyl groups excluding tert-OH is 1. The molecule has 1 saturated carbocycles. The van der Waals surface area contributed by atoms with Gasteiger partial charge in [-0.1, -0.05) is 6.92 Å². The fourth-order valence-corrected chi connectivity index (χ4v) is 7.62. The number of carbonyl (C=O) groups is 5. The standard InChI is InChI=1S/C32H42N2O10/c1-17(35)42-20-14-31(5)19(8-9-21(31)36)23-25(20)32(6)22(16-41-7)43-28(39)18(24(32)27(38)26(23)37)15-33-10-12-34(13-11-33)29(40)44-30(2,3)4/h15,19-20,22,38H,8-14,16H2,1-7H3/b18-15-/t19-,20+,22+,31-,32-/m0/s1. The summed E-state index contributed by atoms with van der Waals surface area (Å²) < 4.78 is 22.7. The third-order valence-electron chi connectivity index (χ3n) is 9.70. The quantitative estimate of drug-likeness (QED) is 0.283. The summed E-state index contributed by atoms with van der Waals surface area (Å²) in [4.78, 5) is 69.2. The largest absolute Gasteiger partial charge is 0.504 e. The van der Waals surface area contributed by atoms with Crippen LogP contribution in [0.25, 0.3) is 0 Å². The summed E-state index contributed by atoms with van der Waals surface area (Å²) in [6.07, 6.45) is 0.0703. The van der Waals surface area contributed by atoms with E-state index >= 15 is 0 Å². The van der Waals surface area contributed by atoms with Gasteiger partial charge in [-0.25, -0.2) is 9.59 Å². The molecule has 0 aromatic heterocycles. The van der Waals surface area contributed by atoms with Crippen LogP contribution in [-0.4, -0.2) is 102 Å². The molecule has 1 N–H and O–H groups in total. The van der Waals surface area contributed by atoms with Gasteiger partial charge in [0.2, 0.25) is 5.78 Å². The smallest absolute Gasteiger partial charge is 0.410 e. The van der Waals surface area contributed by atoms with Crippen molar-refractivity contribution in [3.05, 3.63) is 34.3 Å². The van der Waals surface area contributed by atoms with Crippen LogP contribution in [0.15, 0.2) is 34.3 Å². The van der Waals surface area contributed by atoms with Crippen molar-refractivity contribution in [1.29, 1.82) is 0 Å². The minimum Gasteiger partial charge on any atom is -0.504 e. The van der Waals surface area contributed by atoms with Crippen LogP contribution in [0.5, 0.6) is 0 Å². The first-order valence-corrected chi connectivity index (χ1v) is 15.1. The highest BCUT2D eigenvalue weighted by Crippen LogP contribution is 2.62. The molecule has 5 atom stereocenters. The molecule has 0 bridgehead atoms. The number of allylic oxidation sites excluding steroid dienone is 1. The SMILES string of the molecule is COC[C@H]1OC(=O)/C(=C\N2CCN(C(=O)OC(C)(C)C)CC2)C2=C(O)C(=O)C3=C([C@H](OC(C)=O)C[C@]4(C)C(=O)CC[C@@H]34)[C@]21C. The Balaban J connectivity index is 1.58. The number of fused-ring (bicyclic) bond motifs is 4. The molecule has 2 aliphatic heterocycles. The summed E-state index contributed by atoms with van der Waals surface area (Å²) in [5, 5.41) is 11.7. The van der Waals surface area contributed by atoms with Crippen LogP contribution in [0.1, 0.15) is 60.8 Å². The predicted octanol–water partition coefficient (Wildman–Crippen LogP) is 3.01. The number of ether oxygens (including phenoxy) is 4. The second kappa shape index (κ2) is 11.0. The molecule has 0 unspecified atom stereocenters. The van der Waals surface area contributed by atoms with Crippen molar-refractivity contribution in [2.24, 2.45) is 16.7 Å². The Morgan fingerprint density at radius 2 is 1.77 bits per heavy atom. The fraction of sp³-hybridized carbons (Fsp3) is 0.656. The predicted molar refractivity (Wildman–Crippen MR) is 155 cm³/mol. The van der Waals surface area contributed by atoms with Gasteiger partial charge in [-0.2, -0.15) is 0 Å². The Morgan fingerprint density at radius 3 is 2.36 bits per heavy atom. The first-order valence-electron chi connectivity index (χ1n) is 15.1. The molecule has 3 fully saturated rings. The molecule has 44 heavy (non-hydrogen) atoms. The van der Waals surface area contributed by atoms with Gasteiger partial charge in [0.1, 0.15) is 23.6 Å². The molecule has 5 aliphatic rings. The fourth-order valence-electron chi connectivity index (χ4n) is 7.62. The third kappa shape index (κ3) is 5.10. The number of aliphatic hydroxyl groups is 1. The summed E-state index contributed by atoms with van der Waals surface area (Å²) in [6, 6.07) is 0. The number of esters is 2. The van der Waals surface area contributed by atoms with E-state index in [4.69, 9.17) is 18.9 Å². The molecular formula is C32H42N2O10. The molecule has 3 aliphatic carbocycles. The van der Waals surface area contributed by atoms with Crippen LogP contribution in [0.2, 0.25) is 0 Å². The third-order valence-corrected chi connectivity index (χ3v) is 9.70. The van der Waals surface area contributed by atoms with Gasteiger partial charge in [-0.05, 0) is 39.7 Å². The minimum atomic E-state index is -1.31. The lowest BCUT2D eigenvalue weighted by Gasteiger charge is -2.53. The van der Waals surface area contributed by atoms with Crippen molar-refractivity contribution < 1.29 is 48.0 Å². The topological polar surface area (TPSA) is 149 Å². The lowest BCUT2D eigenvalue weighted by atomic mass is 9.53. The van der Waals surface area contributed by atoms with E-state index in [2.05, 4.69) is 0 Å². The molecule has 0 aromatic carbocycles. The van der Waals surface area contributed by atoms with E-state index in [0.29, 0.717) is 38.2 Å². The maximum Gasteiger partial charge on any atom is 0.410 e. The van der Waals surface area contributed by atoms with Crippen molar-refractivity contribution in [1.82, 2.24) is 9.80 Å². The van der Waals surface area contributed by atoms with Gasteiger partial charge < -0.3 is 33.9 Å². The van der Waals surface area contributed by atoms with Crippen LogP contribution in [0, 0.1) is 16.7 Å². The second-order valence-corrected chi connectivity index (χ2v) is 13.7. The number of ketones is 2. The number of rotatable bonds is 4.